The maximum Gasteiger partial charge on any atom is 0.335 e. The van der Waals surface area contributed by atoms with Crippen LogP contribution in [-0.2, 0) is 0 Å². The molecule has 0 bridgehead atoms. The molecule has 0 radical (unpaired) electrons. The van der Waals surface area contributed by atoms with Gasteiger partial charge in [0.05, 0.1) is 5.56 Å². The van der Waals surface area contributed by atoms with Crippen LogP contribution in [0.2, 0.25) is 0 Å². The van der Waals surface area contributed by atoms with Crippen LogP contribution in [0.5, 0.6) is 0 Å². The van der Waals surface area contributed by atoms with Crippen molar-refractivity contribution in [3.05, 3.63) is 23.9 Å². The highest BCUT2D eigenvalue weighted by Crippen LogP contribution is 2.37. The Morgan fingerprint density at radius 2 is 2.36 bits per heavy atom. The zero-order chi connectivity index (χ0) is 10.2. The normalized spacial score (nSPS) is 17.5. The Hall–Kier alpha value is -1.58. The summed E-state index contributed by atoms with van der Waals surface area (Å²) in [6.45, 7) is 2.10. The lowest BCUT2D eigenvalue weighted by molar-refractivity contribution is 0.0697. The van der Waals surface area contributed by atoms with Crippen molar-refractivity contribution < 1.29 is 9.90 Å². The number of hydrogen-bond acceptors (Lipinski definition) is 3. The van der Waals surface area contributed by atoms with Gasteiger partial charge in [0.1, 0.15) is 5.82 Å². The predicted octanol–water partition coefficient (Wildman–Crippen LogP) is 1.74. The smallest absolute Gasteiger partial charge is 0.335 e. The Bertz CT molecular complexity index is 372. The molecule has 4 nitrogen and oxygen atoms in total. The summed E-state index contributed by atoms with van der Waals surface area (Å²) in [4.78, 5) is 14.8. The van der Waals surface area contributed by atoms with Crippen LogP contribution in [0.4, 0.5) is 5.82 Å². The number of nitrogens with one attached hydrogen (secondary N) is 1. The van der Waals surface area contributed by atoms with Gasteiger partial charge in [0, 0.05) is 11.7 Å². The Balaban J connectivity index is 2.17. The maximum atomic E-state index is 10.7. The second kappa shape index (κ2) is 2.97. The van der Waals surface area contributed by atoms with Gasteiger partial charge < -0.3 is 10.4 Å². The number of anilines is 1. The van der Waals surface area contributed by atoms with E-state index in [0.717, 1.165) is 12.8 Å². The van der Waals surface area contributed by atoms with Crippen LogP contribution >= 0.6 is 0 Å². The molecule has 1 aromatic rings. The van der Waals surface area contributed by atoms with Crippen LogP contribution in [0.15, 0.2) is 18.3 Å². The lowest BCUT2D eigenvalue weighted by Gasteiger charge is -2.11. The van der Waals surface area contributed by atoms with Crippen LogP contribution in [-0.4, -0.2) is 21.6 Å². The van der Waals surface area contributed by atoms with Crippen molar-refractivity contribution in [2.75, 3.05) is 5.32 Å². The molecule has 1 aliphatic rings. The predicted molar refractivity (Wildman–Crippen MR) is 52.5 cm³/mol. The second-order valence-corrected chi connectivity index (χ2v) is 3.92. The van der Waals surface area contributed by atoms with E-state index in [1.165, 1.54) is 12.3 Å². The van der Waals surface area contributed by atoms with E-state index >= 15 is 0 Å². The van der Waals surface area contributed by atoms with Gasteiger partial charge in [0.2, 0.25) is 0 Å². The van der Waals surface area contributed by atoms with Gasteiger partial charge in [-0.15, -0.1) is 0 Å². The van der Waals surface area contributed by atoms with Crippen LogP contribution in [0.3, 0.4) is 0 Å². The molecule has 0 spiro atoms. The summed E-state index contributed by atoms with van der Waals surface area (Å²) in [5.41, 5.74) is 0.399. The van der Waals surface area contributed by atoms with Crippen molar-refractivity contribution in [2.45, 2.75) is 25.3 Å². The van der Waals surface area contributed by atoms with Crippen LogP contribution in [0.25, 0.3) is 0 Å². The van der Waals surface area contributed by atoms with Crippen LogP contribution in [0.1, 0.15) is 30.1 Å². The number of nitrogens with zero attached hydrogens (tertiary/aromatic N) is 1. The van der Waals surface area contributed by atoms with Gasteiger partial charge >= 0.3 is 5.97 Å². The minimum Gasteiger partial charge on any atom is -0.478 e. The Morgan fingerprint density at radius 3 is 2.93 bits per heavy atom. The summed E-state index contributed by atoms with van der Waals surface area (Å²) in [5, 5.41) is 12.0. The van der Waals surface area contributed by atoms with Crippen molar-refractivity contribution >= 4 is 11.8 Å². The number of hydrogen-bond donors (Lipinski definition) is 2. The van der Waals surface area contributed by atoms with E-state index in [0.29, 0.717) is 5.82 Å². The third kappa shape index (κ3) is 1.84. The largest absolute Gasteiger partial charge is 0.478 e. The molecule has 14 heavy (non-hydrogen) atoms. The van der Waals surface area contributed by atoms with E-state index in [2.05, 4.69) is 17.2 Å². The molecule has 1 saturated carbocycles. The van der Waals surface area contributed by atoms with Crippen LogP contribution in [0, 0.1) is 0 Å². The van der Waals surface area contributed by atoms with E-state index in [-0.39, 0.29) is 11.1 Å². The number of carboxylic acids is 1. The average molecular weight is 192 g/mol. The van der Waals surface area contributed by atoms with Gasteiger partial charge in [-0.1, -0.05) is 0 Å². The highest BCUT2D eigenvalue weighted by Gasteiger charge is 2.37. The van der Waals surface area contributed by atoms with Gasteiger partial charge in [-0.2, -0.15) is 0 Å². The van der Waals surface area contributed by atoms with Gasteiger partial charge in [-0.25, -0.2) is 9.78 Å². The molecule has 4 heteroatoms. The maximum absolute atomic E-state index is 10.7. The Kier molecular flexibility index (Phi) is 1.91. The molecule has 1 aliphatic carbocycles. The summed E-state index contributed by atoms with van der Waals surface area (Å²) >= 11 is 0. The standard InChI is InChI=1S/C10H12N2O2/c1-10(3-4-10)12-8-6-7(9(13)14)2-5-11-8/h2,5-6H,3-4H2,1H3,(H,11,12)(H,13,14). The molecule has 2 N–H and O–H groups in total. The quantitative estimate of drug-likeness (QED) is 0.765. The van der Waals surface area contributed by atoms with Gasteiger partial charge in [0.15, 0.2) is 0 Å². The molecule has 1 heterocycles. The number of aromatic nitrogens is 1. The Labute approximate surface area is 82.0 Å². The topological polar surface area (TPSA) is 62.2 Å². The molecule has 0 amide bonds. The van der Waals surface area contributed by atoms with E-state index < -0.39 is 5.97 Å². The first kappa shape index (κ1) is 8.99. The van der Waals surface area contributed by atoms with Crippen molar-refractivity contribution in [1.82, 2.24) is 4.98 Å². The van der Waals surface area contributed by atoms with Crippen molar-refractivity contribution in [2.24, 2.45) is 0 Å². The van der Waals surface area contributed by atoms with Crippen LogP contribution < -0.4 is 5.32 Å². The van der Waals surface area contributed by atoms with Crippen molar-refractivity contribution in [1.29, 1.82) is 0 Å². The lowest BCUT2D eigenvalue weighted by Crippen LogP contribution is -2.17. The lowest BCUT2D eigenvalue weighted by atomic mass is 10.2. The molecule has 2 rings (SSSR count). The first-order valence-electron chi connectivity index (χ1n) is 4.57. The third-order valence-electron chi connectivity index (χ3n) is 2.44. The molecule has 0 atom stereocenters. The van der Waals surface area contributed by atoms with Gasteiger partial charge in [-0.3, -0.25) is 0 Å². The molecule has 1 fully saturated rings. The average Bonchev–Trinajstić information content (AvgIpc) is 2.83. The minimum atomic E-state index is -0.920. The number of pyridine rings is 1. The molecule has 0 unspecified atom stereocenters. The molecule has 0 saturated heterocycles. The third-order valence-corrected chi connectivity index (χ3v) is 2.44. The second-order valence-electron chi connectivity index (χ2n) is 3.92. The molecular formula is C10H12N2O2. The number of carbonyl (C=O) groups is 1. The summed E-state index contributed by atoms with van der Waals surface area (Å²) in [6.07, 6.45) is 3.75. The van der Waals surface area contributed by atoms with Gasteiger partial charge in [-0.05, 0) is 31.9 Å². The van der Waals surface area contributed by atoms with Crippen molar-refractivity contribution in [3.63, 3.8) is 0 Å². The fourth-order valence-electron chi connectivity index (χ4n) is 1.25. The SMILES string of the molecule is CC1(Nc2cc(C(=O)O)ccn2)CC1. The molecule has 1 aromatic heterocycles. The first-order chi connectivity index (χ1) is 6.59. The fourth-order valence-corrected chi connectivity index (χ4v) is 1.25. The van der Waals surface area contributed by atoms with E-state index in [4.69, 9.17) is 5.11 Å². The number of rotatable bonds is 3. The van der Waals surface area contributed by atoms with Crippen molar-refractivity contribution in [3.8, 4) is 0 Å². The summed E-state index contributed by atoms with van der Waals surface area (Å²) < 4.78 is 0. The zero-order valence-corrected chi connectivity index (χ0v) is 7.95. The number of aromatic carboxylic acids is 1. The first-order valence-corrected chi connectivity index (χ1v) is 4.57. The highest BCUT2D eigenvalue weighted by atomic mass is 16.4. The summed E-state index contributed by atoms with van der Waals surface area (Å²) in [7, 11) is 0. The summed E-state index contributed by atoms with van der Waals surface area (Å²) in [6, 6.07) is 3.05. The summed E-state index contributed by atoms with van der Waals surface area (Å²) in [5.74, 6) is -0.277. The van der Waals surface area contributed by atoms with E-state index in [1.807, 2.05) is 0 Å². The molecular weight excluding hydrogens is 180 g/mol. The zero-order valence-electron chi connectivity index (χ0n) is 7.95. The minimum absolute atomic E-state index is 0.129. The van der Waals surface area contributed by atoms with E-state index in [1.54, 1.807) is 6.07 Å². The van der Waals surface area contributed by atoms with E-state index in [9.17, 15) is 4.79 Å². The Morgan fingerprint density at radius 1 is 1.64 bits per heavy atom. The fraction of sp³-hybridized carbons (Fsp3) is 0.400. The molecule has 0 aliphatic heterocycles. The number of carboxylic acid groups (broad SMARTS) is 1. The monoisotopic (exact) mass is 192 g/mol. The van der Waals surface area contributed by atoms with Gasteiger partial charge in [0.25, 0.3) is 0 Å². The molecule has 0 aromatic carbocycles. The highest BCUT2D eigenvalue weighted by molar-refractivity contribution is 5.88. The molecule has 74 valence electrons.